The SMILES string of the molecule is COc1ccccc1OCCNS(=O)(=O)c1ccc(Br)cc1Cl. The van der Waals surface area contributed by atoms with E-state index in [-0.39, 0.29) is 23.1 Å². The van der Waals surface area contributed by atoms with Gasteiger partial charge in [0.25, 0.3) is 0 Å². The third-order valence-electron chi connectivity index (χ3n) is 2.90. The van der Waals surface area contributed by atoms with Gasteiger partial charge < -0.3 is 9.47 Å². The van der Waals surface area contributed by atoms with Gasteiger partial charge in [0.05, 0.1) is 12.1 Å². The van der Waals surface area contributed by atoms with Gasteiger partial charge in [-0.25, -0.2) is 13.1 Å². The minimum atomic E-state index is -3.69. The highest BCUT2D eigenvalue weighted by Crippen LogP contribution is 2.26. The molecule has 0 amide bonds. The number of benzene rings is 2. The Morgan fingerprint density at radius 1 is 1.17 bits per heavy atom. The number of nitrogens with one attached hydrogen (secondary N) is 1. The van der Waals surface area contributed by atoms with Crippen LogP contribution in [0.3, 0.4) is 0 Å². The number of ether oxygens (including phenoxy) is 2. The summed E-state index contributed by atoms with van der Waals surface area (Å²) in [5.41, 5.74) is 0. The minimum absolute atomic E-state index is 0.0275. The third kappa shape index (κ3) is 4.84. The molecule has 0 aliphatic rings. The van der Waals surface area contributed by atoms with E-state index in [1.165, 1.54) is 12.1 Å². The lowest BCUT2D eigenvalue weighted by atomic mass is 10.3. The molecule has 5 nitrogen and oxygen atoms in total. The second-order valence-electron chi connectivity index (χ2n) is 4.47. The summed E-state index contributed by atoms with van der Waals surface area (Å²) >= 11 is 9.20. The number of para-hydroxylation sites is 2. The van der Waals surface area contributed by atoms with Crippen molar-refractivity contribution in [3.63, 3.8) is 0 Å². The molecule has 0 radical (unpaired) electrons. The smallest absolute Gasteiger partial charge is 0.242 e. The zero-order valence-corrected chi connectivity index (χ0v) is 15.4. The van der Waals surface area contributed by atoms with Crippen molar-refractivity contribution in [3.8, 4) is 11.5 Å². The van der Waals surface area contributed by atoms with Crippen LogP contribution in [0.15, 0.2) is 51.8 Å². The first-order chi connectivity index (χ1) is 10.9. The molecule has 1 N–H and O–H groups in total. The number of rotatable bonds is 7. The van der Waals surface area contributed by atoms with Crippen molar-refractivity contribution < 1.29 is 17.9 Å². The predicted molar refractivity (Wildman–Crippen MR) is 92.8 cm³/mol. The maximum absolute atomic E-state index is 12.2. The van der Waals surface area contributed by atoms with E-state index < -0.39 is 10.0 Å². The molecule has 0 aromatic heterocycles. The Morgan fingerprint density at radius 3 is 2.52 bits per heavy atom. The van der Waals surface area contributed by atoms with E-state index in [0.717, 1.165) is 0 Å². The molecule has 0 saturated carbocycles. The van der Waals surface area contributed by atoms with Crippen molar-refractivity contribution in [1.29, 1.82) is 0 Å². The van der Waals surface area contributed by atoms with Crippen LogP contribution in [0, 0.1) is 0 Å². The molecule has 0 saturated heterocycles. The quantitative estimate of drug-likeness (QED) is 0.697. The van der Waals surface area contributed by atoms with Crippen molar-refractivity contribution in [3.05, 3.63) is 52.0 Å². The maximum atomic E-state index is 12.2. The first kappa shape index (κ1) is 18.1. The van der Waals surface area contributed by atoms with Crippen LogP contribution in [0.4, 0.5) is 0 Å². The molecular weight excluding hydrogens is 406 g/mol. The summed E-state index contributed by atoms with van der Waals surface area (Å²) in [6, 6.07) is 11.7. The van der Waals surface area contributed by atoms with Crippen LogP contribution >= 0.6 is 27.5 Å². The molecule has 0 aliphatic carbocycles. The number of methoxy groups -OCH3 is 1. The molecule has 124 valence electrons. The summed E-state index contributed by atoms with van der Waals surface area (Å²) in [5, 5.41) is 0.150. The summed E-state index contributed by atoms with van der Waals surface area (Å²) < 4.78 is 38.2. The normalized spacial score (nSPS) is 11.3. The first-order valence-electron chi connectivity index (χ1n) is 6.64. The fraction of sp³-hybridized carbons (Fsp3) is 0.200. The Kier molecular flexibility index (Phi) is 6.29. The van der Waals surface area contributed by atoms with Crippen LogP contribution in [0.1, 0.15) is 0 Å². The van der Waals surface area contributed by atoms with Crippen LogP contribution in [0.5, 0.6) is 11.5 Å². The van der Waals surface area contributed by atoms with Crippen LogP contribution < -0.4 is 14.2 Å². The van der Waals surface area contributed by atoms with E-state index in [2.05, 4.69) is 20.7 Å². The van der Waals surface area contributed by atoms with Crippen LogP contribution in [0.2, 0.25) is 5.02 Å². The Bertz CT molecular complexity index is 783. The molecular formula is C15H15BrClNO4S. The van der Waals surface area contributed by atoms with Crippen molar-refractivity contribution >= 4 is 37.6 Å². The monoisotopic (exact) mass is 419 g/mol. The number of halogens is 2. The molecule has 2 rings (SSSR count). The molecule has 23 heavy (non-hydrogen) atoms. The van der Waals surface area contributed by atoms with Crippen LogP contribution in [-0.4, -0.2) is 28.7 Å². The summed E-state index contributed by atoms with van der Waals surface area (Å²) in [6.45, 7) is 0.264. The van der Waals surface area contributed by atoms with Crippen LogP contribution in [0.25, 0.3) is 0 Å². The van der Waals surface area contributed by atoms with Gasteiger partial charge in [0.1, 0.15) is 11.5 Å². The lowest BCUT2D eigenvalue weighted by Gasteiger charge is -2.11. The standard InChI is InChI=1S/C15H15BrClNO4S/c1-21-13-4-2-3-5-14(13)22-9-8-18-23(19,20)15-7-6-11(16)10-12(15)17/h2-7,10,18H,8-9H2,1H3. The molecule has 0 spiro atoms. The van der Waals surface area contributed by atoms with E-state index >= 15 is 0 Å². The van der Waals surface area contributed by atoms with Gasteiger partial charge in [-0.2, -0.15) is 0 Å². The zero-order chi connectivity index (χ0) is 16.9. The zero-order valence-electron chi connectivity index (χ0n) is 12.3. The highest BCUT2D eigenvalue weighted by molar-refractivity contribution is 9.10. The molecule has 2 aromatic carbocycles. The highest BCUT2D eigenvalue weighted by atomic mass is 79.9. The Morgan fingerprint density at radius 2 is 1.87 bits per heavy atom. The number of sulfonamides is 1. The topological polar surface area (TPSA) is 64.6 Å². The average molecular weight is 421 g/mol. The van der Waals surface area contributed by atoms with Crippen molar-refractivity contribution in [2.45, 2.75) is 4.90 Å². The molecule has 0 unspecified atom stereocenters. The molecule has 0 aliphatic heterocycles. The van der Waals surface area contributed by atoms with E-state index in [1.807, 2.05) is 12.1 Å². The summed E-state index contributed by atoms with van der Waals surface area (Å²) in [4.78, 5) is 0.0275. The van der Waals surface area contributed by atoms with Gasteiger partial charge in [-0.3, -0.25) is 0 Å². The largest absolute Gasteiger partial charge is 0.493 e. The van der Waals surface area contributed by atoms with Crippen molar-refractivity contribution in [2.75, 3.05) is 20.3 Å². The van der Waals surface area contributed by atoms with E-state index in [0.29, 0.717) is 16.0 Å². The molecule has 8 heteroatoms. The van der Waals surface area contributed by atoms with Gasteiger partial charge in [-0.1, -0.05) is 39.7 Å². The summed E-state index contributed by atoms with van der Waals surface area (Å²) in [7, 11) is -2.15. The predicted octanol–water partition coefficient (Wildman–Crippen LogP) is 3.47. The lowest BCUT2D eigenvalue weighted by Crippen LogP contribution is -2.28. The van der Waals surface area contributed by atoms with Gasteiger partial charge in [0.2, 0.25) is 10.0 Å². The van der Waals surface area contributed by atoms with E-state index in [9.17, 15) is 8.42 Å². The van der Waals surface area contributed by atoms with Crippen LogP contribution in [-0.2, 0) is 10.0 Å². The van der Waals surface area contributed by atoms with Gasteiger partial charge in [-0.05, 0) is 30.3 Å². The van der Waals surface area contributed by atoms with Gasteiger partial charge in [0.15, 0.2) is 11.5 Å². The Labute approximate surface area is 148 Å². The fourth-order valence-corrected chi connectivity index (χ4v) is 3.89. The minimum Gasteiger partial charge on any atom is -0.493 e. The van der Waals surface area contributed by atoms with Gasteiger partial charge in [0, 0.05) is 11.0 Å². The second kappa shape index (κ2) is 8.01. The summed E-state index contributed by atoms with van der Waals surface area (Å²) in [6.07, 6.45) is 0. The van der Waals surface area contributed by atoms with Gasteiger partial charge >= 0.3 is 0 Å². The molecule has 0 heterocycles. The number of hydrogen-bond donors (Lipinski definition) is 1. The maximum Gasteiger partial charge on any atom is 0.242 e. The Balaban J connectivity index is 1.95. The average Bonchev–Trinajstić information content (AvgIpc) is 2.51. The second-order valence-corrected chi connectivity index (χ2v) is 7.53. The van der Waals surface area contributed by atoms with Crippen molar-refractivity contribution in [1.82, 2.24) is 4.72 Å². The highest BCUT2D eigenvalue weighted by Gasteiger charge is 2.17. The molecule has 2 aromatic rings. The van der Waals surface area contributed by atoms with E-state index in [4.69, 9.17) is 21.1 Å². The molecule has 0 atom stereocenters. The van der Waals surface area contributed by atoms with Gasteiger partial charge in [-0.15, -0.1) is 0 Å². The lowest BCUT2D eigenvalue weighted by molar-refractivity contribution is 0.299. The van der Waals surface area contributed by atoms with Crippen molar-refractivity contribution in [2.24, 2.45) is 0 Å². The molecule has 0 fully saturated rings. The number of hydrogen-bond acceptors (Lipinski definition) is 4. The summed E-state index contributed by atoms with van der Waals surface area (Å²) in [5.74, 6) is 1.14. The van der Waals surface area contributed by atoms with E-state index in [1.54, 1.807) is 25.3 Å². The Hall–Kier alpha value is -1.28. The first-order valence-corrected chi connectivity index (χ1v) is 9.30. The fourth-order valence-electron chi connectivity index (χ4n) is 1.85. The molecule has 0 bridgehead atoms. The third-order valence-corrected chi connectivity index (χ3v) is 5.34.